The summed E-state index contributed by atoms with van der Waals surface area (Å²) in [6, 6.07) is 0. The number of hydrogen-bond acceptors (Lipinski definition) is 2. The van der Waals surface area contributed by atoms with E-state index in [1.165, 1.54) is 19.3 Å². The van der Waals surface area contributed by atoms with E-state index in [0.29, 0.717) is 18.4 Å². The Morgan fingerprint density at radius 3 is 3.00 bits per heavy atom. The highest BCUT2D eigenvalue weighted by Crippen LogP contribution is 2.51. The Balaban J connectivity index is 1.81. The van der Waals surface area contributed by atoms with Gasteiger partial charge in [-0.3, -0.25) is 4.79 Å². The van der Waals surface area contributed by atoms with Crippen molar-refractivity contribution in [3.05, 3.63) is 12.2 Å². The first-order valence-electron chi connectivity index (χ1n) is 5.59. The summed E-state index contributed by atoms with van der Waals surface area (Å²) in [5, 5.41) is 0. The monoisotopic (exact) mass is 194 g/mol. The van der Waals surface area contributed by atoms with Crippen molar-refractivity contribution in [2.45, 2.75) is 39.0 Å². The molecule has 2 aliphatic rings. The van der Waals surface area contributed by atoms with Crippen molar-refractivity contribution in [2.24, 2.45) is 11.3 Å². The minimum atomic E-state index is -0.0365. The molecule has 2 unspecified atom stereocenters. The van der Waals surface area contributed by atoms with Crippen molar-refractivity contribution in [1.29, 1.82) is 0 Å². The Morgan fingerprint density at radius 2 is 2.50 bits per heavy atom. The molecule has 1 fully saturated rings. The number of hydrogen-bond donors (Lipinski definition) is 0. The Hall–Kier alpha value is -0.790. The quantitative estimate of drug-likeness (QED) is 0.508. The third kappa shape index (κ3) is 1.84. The molecule has 1 saturated carbocycles. The fraction of sp³-hybridized carbons (Fsp3) is 0.750. The average Bonchev–Trinajstić information content (AvgIpc) is 2.75. The molecule has 2 rings (SSSR count). The molecule has 0 radical (unpaired) electrons. The predicted octanol–water partition coefficient (Wildman–Crippen LogP) is 2.69. The fourth-order valence-electron chi connectivity index (χ4n) is 2.75. The first-order chi connectivity index (χ1) is 6.74. The van der Waals surface area contributed by atoms with Crippen LogP contribution in [0.3, 0.4) is 0 Å². The number of fused-ring (bicyclic) bond motifs is 2. The van der Waals surface area contributed by atoms with Crippen LogP contribution in [-0.4, -0.2) is 12.6 Å². The van der Waals surface area contributed by atoms with Gasteiger partial charge in [-0.2, -0.15) is 0 Å². The van der Waals surface area contributed by atoms with Crippen LogP contribution < -0.4 is 0 Å². The minimum Gasteiger partial charge on any atom is -0.466 e. The summed E-state index contributed by atoms with van der Waals surface area (Å²) in [5.41, 5.74) is 0.359. The lowest BCUT2D eigenvalue weighted by molar-refractivity contribution is -0.143. The van der Waals surface area contributed by atoms with Gasteiger partial charge in [0, 0.05) is 6.42 Å². The molecular weight excluding hydrogens is 176 g/mol. The van der Waals surface area contributed by atoms with Gasteiger partial charge in [0.25, 0.3) is 0 Å². The van der Waals surface area contributed by atoms with E-state index in [9.17, 15) is 4.79 Å². The molecule has 0 heterocycles. The highest BCUT2D eigenvalue weighted by Gasteiger charge is 2.40. The Morgan fingerprint density at radius 1 is 1.64 bits per heavy atom. The first kappa shape index (κ1) is 9.75. The van der Waals surface area contributed by atoms with Gasteiger partial charge in [0.05, 0.1) is 6.61 Å². The smallest absolute Gasteiger partial charge is 0.305 e. The summed E-state index contributed by atoms with van der Waals surface area (Å²) >= 11 is 0. The molecular formula is C12H18O2. The van der Waals surface area contributed by atoms with Gasteiger partial charge in [0.1, 0.15) is 0 Å². The van der Waals surface area contributed by atoms with Crippen LogP contribution in [0.2, 0.25) is 0 Å². The van der Waals surface area contributed by atoms with E-state index >= 15 is 0 Å². The zero-order valence-electron chi connectivity index (χ0n) is 8.79. The molecule has 2 bridgehead atoms. The summed E-state index contributed by atoms with van der Waals surface area (Å²) in [7, 11) is 0. The second kappa shape index (κ2) is 3.76. The van der Waals surface area contributed by atoms with Gasteiger partial charge >= 0.3 is 5.97 Å². The average molecular weight is 194 g/mol. The molecule has 14 heavy (non-hydrogen) atoms. The molecule has 2 nitrogen and oxygen atoms in total. The number of rotatable bonds is 4. The lowest BCUT2D eigenvalue weighted by atomic mass is 9.83. The maximum Gasteiger partial charge on any atom is 0.305 e. The van der Waals surface area contributed by atoms with E-state index < -0.39 is 0 Å². The van der Waals surface area contributed by atoms with Gasteiger partial charge < -0.3 is 4.74 Å². The van der Waals surface area contributed by atoms with Gasteiger partial charge in [-0.25, -0.2) is 0 Å². The van der Waals surface area contributed by atoms with Crippen molar-refractivity contribution in [1.82, 2.24) is 0 Å². The highest BCUT2D eigenvalue weighted by atomic mass is 16.5. The molecule has 0 saturated heterocycles. The number of esters is 1. The van der Waals surface area contributed by atoms with Gasteiger partial charge in [-0.05, 0) is 43.9 Å². The molecule has 0 aromatic heterocycles. The lowest BCUT2D eigenvalue weighted by Crippen LogP contribution is -2.15. The zero-order chi connectivity index (χ0) is 10.0. The van der Waals surface area contributed by atoms with Crippen LogP contribution in [0.4, 0.5) is 0 Å². The second-order valence-electron chi connectivity index (χ2n) is 4.53. The van der Waals surface area contributed by atoms with Crippen molar-refractivity contribution in [3.63, 3.8) is 0 Å². The van der Waals surface area contributed by atoms with E-state index in [1.54, 1.807) is 0 Å². The van der Waals surface area contributed by atoms with Crippen LogP contribution in [0, 0.1) is 11.3 Å². The van der Waals surface area contributed by atoms with Crippen LogP contribution in [0.5, 0.6) is 0 Å². The largest absolute Gasteiger partial charge is 0.466 e. The van der Waals surface area contributed by atoms with Crippen LogP contribution in [0.1, 0.15) is 39.0 Å². The Kier molecular flexibility index (Phi) is 2.62. The summed E-state index contributed by atoms with van der Waals surface area (Å²) in [4.78, 5) is 11.2. The minimum absolute atomic E-state index is 0.0365. The summed E-state index contributed by atoms with van der Waals surface area (Å²) < 4.78 is 4.94. The van der Waals surface area contributed by atoms with Crippen molar-refractivity contribution >= 4 is 5.97 Å². The van der Waals surface area contributed by atoms with E-state index in [0.717, 1.165) is 12.3 Å². The van der Waals surface area contributed by atoms with Crippen LogP contribution in [0.25, 0.3) is 0 Å². The maximum absolute atomic E-state index is 11.2. The van der Waals surface area contributed by atoms with Crippen molar-refractivity contribution in [3.8, 4) is 0 Å². The SMILES string of the molecule is CCOC(=O)CCC12C=CC(CC1)C2. The van der Waals surface area contributed by atoms with Crippen LogP contribution in [-0.2, 0) is 9.53 Å². The van der Waals surface area contributed by atoms with Gasteiger partial charge in [0.2, 0.25) is 0 Å². The number of carbonyl (C=O) groups is 1. The van der Waals surface area contributed by atoms with Crippen LogP contribution >= 0.6 is 0 Å². The van der Waals surface area contributed by atoms with Gasteiger partial charge in [0.15, 0.2) is 0 Å². The van der Waals surface area contributed by atoms with E-state index in [-0.39, 0.29) is 5.97 Å². The van der Waals surface area contributed by atoms with Crippen LogP contribution in [0.15, 0.2) is 12.2 Å². The summed E-state index contributed by atoms with van der Waals surface area (Å²) in [5.74, 6) is 0.767. The molecule has 2 atom stereocenters. The number of allylic oxidation sites excluding steroid dienone is 2. The Bertz CT molecular complexity index is 257. The zero-order valence-corrected chi connectivity index (χ0v) is 8.79. The lowest BCUT2D eigenvalue weighted by Gasteiger charge is -2.22. The maximum atomic E-state index is 11.2. The molecule has 0 amide bonds. The third-order valence-corrected chi connectivity index (χ3v) is 3.54. The standard InChI is InChI=1S/C12H18O2/c1-2-14-11(13)5-8-12-6-3-10(9-12)4-7-12/h3,6,10H,2,4-5,7-9H2,1H3. The number of carbonyl (C=O) groups excluding carboxylic acids is 1. The highest BCUT2D eigenvalue weighted by molar-refractivity contribution is 5.69. The molecule has 78 valence electrons. The molecule has 0 spiro atoms. The molecule has 2 aliphatic carbocycles. The molecule has 0 aromatic rings. The molecule has 2 heteroatoms. The van der Waals surface area contributed by atoms with E-state index in [1.807, 2.05) is 6.92 Å². The van der Waals surface area contributed by atoms with Gasteiger partial charge in [-0.1, -0.05) is 12.2 Å². The second-order valence-corrected chi connectivity index (χ2v) is 4.53. The number of ether oxygens (including phenoxy) is 1. The van der Waals surface area contributed by atoms with Crippen molar-refractivity contribution < 1.29 is 9.53 Å². The topological polar surface area (TPSA) is 26.3 Å². The third-order valence-electron chi connectivity index (χ3n) is 3.54. The first-order valence-corrected chi connectivity index (χ1v) is 5.59. The normalized spacial score (nSPS) is 33.6. The molecule has 0 aromatic carbocycles. The van der Waals surface area contributed by atoms with E-state index in [2.05, 4.69) is 12.2 Å². The Labute approximate surface area is 85.3 Å². The van der Waals surface area contributed by atoms with Crippen molar-refractivity contribution in [2.75, 3.05) is 6.61 Å². The molecule has 0 aliphatic heterocycles. The molecule has 0 N–H and O–H groups in total. The van der Waals surface area contributed by atoms with Gasteiger partial charge in [-0.15, -0.1) is 0 Å². The fourth-order valence-corrected chi connectivity index (χ4v) is 2.75. The predicted molar refractivity (Wildman–Crippen MR) is 54.8 cm³/mol. The summed E-state index contributed by atoms with van der Waals surface area (Å²) in [6.45, 7) is 2.36. The van der Waals surface area contributed by atoms with E-state index in [4.69, 9.17) is 4.74 Å². The summed E-state index contributed by atoms with van der Waals surface area (Å²) in [6.07, 6.45) is 10.1.